The summed E-state index contributed by atoms with van der Waals surface area (Å²) in [7, 11) is 0. The van der Waals surface area contributed by atoms with Crippen molar-refractivity contribution in [2.75, 3.05) is 0 Å². The molecule has 0 aliphatic heterocycles. The first kappa shape index (κ1) is 6.80. The average Bonchev–Trinajstić information content (AvgIpc) is 1.90. The third-order valence-corrected chi connectivity index (χ3v) is 2.02. The Balaban J connectivity index is 3.06. The second-order valence-electron chi connectivity index (χ2n) is 1.97. The van der Waals surface area contributed by atoms with E-state index in [4.69, 9.17) is 0 Å². The molecule has 0 aromatic heterocycles. The second-order valence-corrected chi connectivity index (χ2v) is 2.70. The molecular formula is C8H7W+. The molecule has 1 aromatic carbocycles. The van der Waals surface area contributed by atoms with Gasteiger partial charge >= 0.3 is 65.7 Å². The standard InChI is InChI=1S/C8H7.W/c1-7-3-5-8(2)6-4-7;/h3-6H,1H3;/q;+1. The number of aryl methyl sites for hydroxylation is 1. The molecule has 0 atom stereocenters. The first-order valence-electron chi connectivity index (χ1n) is 2.78. The zero-order valence-electron chi connectivity index (χ0n) is 5.22. The Labute approximate surface area is 65.9 Å². The molecule has 9 heavy (non-hydrogen) atoms. The van der Waals surface area contributed by atoms with Gasteiger partial charge in [0.25, 0.3) is 0 Å². The Morgan fingerprint density at radius 3 is 2.22 bits per heavy atom. The predicted octanol–water partition coefficient (Wildman–Crippen LogP) is 1.85. The Kier molecular flexibility index (Phi) is 2.28. The van der Waals surface area contributed by atoms with E-state index in [1.165, 1.54) is 30.3 Å². The molecule has 0 spiro atoms. The molecule has 0 radical (unpaired) electrons. The minimum absolute atomic E-state index is 1.20. The molecular weight excluding hydrogens is 280 g/mol. The predicted molar refractivity (Wildman–Crippen MR) is 34.2 cm³/mol. The van der Waals surface area contributed by atoms with Crippen molar-refractivity contribution in [1.82, 2.24) is 0 Å². The Morgan fingerprint density at radius 2 is 1.78 bits per heavy atom. The molecule has 0 amide bonds. The third-order valence-electron chi connectivity index (χ3n) is 1.17. The molecule has 0 heterocycles. The van der Waals surface area contributed by atoms with Crippen LogP contribution in [-0.2, 0) is 19.2 Å². The van der Waals surface area contributed by atoms with E-state index in [2.05, 4.69) is 35.4 Å². The van der Waals surface area contributed by atoms with Gasteiger partial charge in [-0.1, -0.05) is 0 Å². The SMILES string of the molecule is Cc1ccc([C]#[W+])cc1. The molecule has 1 rings (SSSR count). The van der Waals surface area contributed by atoms with Gasteiger partial charge in [-0.05, 0) is 0 Å². The van der Waals surface area contributed by atoms with Crippen LogP contribution >= 0.6 is 0 Å². The van der Waals surface area contributed by atoms with Crippen LogP contribution in [-0.4, -0.2) is 0 Å². The van der Waals surface area contributed by atoms with E-state index in [0.29, 0.717) is 0 Å². The number of hydrogen-bond donors (Lipinski definition) is 0. The molecule has 0 saturated carbocycles. The Bertz CT molecular complexity index is 228. The topological polar surface area (TPSA) is 0 Å². The van der Waals surface area contributed by atoms with Crippen molar-refractivity contribution >= 4 is 0 Å². The number of benzene rings is 1. The maximum atomic E-state index is 3.14. The molecule has 1 heteroatoms. The molecule has 1 aromatic rings. The van der Waals surface area contributed by atoms with Crippen molar-refractivity contribution < 1.29 is 19.2 Å². The zero-order chi connectivity index (χ0) is 6.69. The fourth-order valence-corrected chi connectivity index (χ4v) is 1.11. The van der Waals surface area contributed by atoms with Crippen LogP contribution in [0.4, 0.5) is 0 Å². The molecule has 0 saturated heterocycles. The normalized spacial score (nSPS) is 8.44. The van der Waals surface area contributed by atoms with Gasteiger partial charge in [0.1, 0.15) is 0 Å². The summed E-state index contributed by atoms with van der Waals surface area (Å²) >= 11 is 1.38. The van der Waals surface area contributed by atoms with Crippen LogP contribution in [0.2, 0.25) is 0 Å². The molecule has 0 aliphatic carbocycles. The van der Waals surface area contributed by atoms with Crippen LogP contribution in [0.15, 0.2) is 24.3 Å². The van der Waals surface area contributed by atoms with Crippen molar-refractivity contribution in [2.24, 2.45) is 0 Å². The van der Waals surface area contributed by atoms with Gasteiger partial charge in [0.15, 0.2) is 0 Å². The summed E-state index contributed by atoms with van der Waals surface area (Å²) in [5.74, 6) is 0. The van der Waals surface area contributed by atoms with E-state index in [9.17, 15) is 0 Å². The van der Waals surface area contributed by atoms with Crippen LogP contribution in [0, 0.1) is 11.1 Å². The van der Waals surface area contributed by atoms with Gasteiger partial charge in [-0.2, -0.15) is 0 Å². The van der Waals surface area contributed by atoms with Crippen LogP contribution in [0.3, 0.4) is 0 Å². The Hall–Kier alpha value is -0.312. The Morgan fingerprint density at radius 1 is 1.22 bits per heavy atom. The monoisotopic (exact) mass is 287 g/mol. The molecule has 0 aliphatic rings. The van der Waals surface area contributed by atoms with Gasteiger partial charge in [-0.3, -0.25) is 0 Å². The molecule has 0 N–H and O–H groups in total. The van der Waals surface area contributed by atoms with Crippen molar-refractivity contribution in [3.05, 3.63) is 35.4 Å². The quantitative estimate of drug-likeness (QED) is 0.683. The summed E-state index contributed by atoms with van der Waals surface area (Å²) in [6.07, 6.45) is 0. The fraction of sp³-hybridized carbons (Fsp3) is 0.125. The summed E-state index contributed by atoms with van der Waals surface area (Å²) in [6.45, 7) is 2.09. The van der Waals surface area contributed by atoms with Gasteiger partial charge in [-0.25, -0.2) is 0 Å². The van der Waals surface area contributed by atoms with E-state index >= 15 is 0 Å². The van der Waals surface area contributed by atoms with E-state index in [0.717, 1.165) is 0 Å². The summed E-state index contributed by atoms with van der Waals surface area (Å²) < 4.78 is 3.14. The zero-order valence-corrected chi connectivity index (χ0v) is 8.15. The first-order chi connectivity index (χ1) is 4.33. The minimum atomic E-state index is 1.20. The molecule has 0 unspecified atom stereocenters. The summed E-state index contributed by atoms with van der Waals surface area (Å²) in [5, 5.41) is 0. The number of hydrogen-bond acceptors (Lipinski definition) is 0. The van der Waals surface area contributed by atoms with Crippen molar-refractivity contribution in [2.45, 2.75) is 6.92 Å². The van der Waals surface area contributed by atoms with Crippen LogP contribution in [0.25, 0.3) is 0 Å². The van der Waals surface area contributed by atoms with Crippen molar-refractivity contribution in [3.8, 4) is 4.20 Å². The average molecular weight is 287 g/mol. The van der Waals surface area contributed by atoms with E-state index < -0.39 is 0 Å². The molecule has 0 bridgehead atoms. The van der Waals surface area contributed by atoms with Gasteiger partial charge in [0.05, 0.1) is 0 Å². The first-order valence-corrected chi connectivity index (χ1v) is 4.24. The van der Waals surface area contributed by atoms with Crippen LogP contribution < -0.4 is 0 Å². The summed E-state index contributed by atoms with van der Waals surface area (Å²) in [5.41, 5.74) is 2.51. The van der Waals surface area contributed by atoms with E-state index in [1.54, 1.807) is 0 Å². The molecule has 0 nitrogen and oxygen atoms in total. The van der Waals surface area contributed by atoms with Gasteiger partial charge in [0.2, 0.25) is 0 Å². The van der Waals surface area contributed by atoms with Gasteiger partial charge in [-0.15, -0.1) is 0 Å². The summed E-state index contributed by atoms with van der Waals surface area (Å²) in [4.78, 5) is 0. The number of rotatable bonds is 0. The second kappa shape index (κ2) is 3.01. The summed E-state index contributed by atoms with van der Waals surface area (Å²) in [6, 6.07) is 8.38. The molecule has 44 valence electrons. The van der Waals surface area contributed by atoms with Crippen LogP contribution in [0.1, 0.15) is 11.1 Å². The van der Waals surface area contributed by atoms with Gasteiger partial charge < -0.3 is 0 Å². The maximum absolute atomic E-state index is 3.14. The molecule has 0 fully saturated rings. The van der Waals surface area contributed by atoms with E-state index in [1.807, 2.05) is 0 Å². The fourth-order valence-electron chi connectivity index (χ4n) is 0.622. The van der Waals surface area contributed by atoms with Crippen molar-refractivity contribution in [1.29, 1.82) is 0 Å². The third kappa shape index (κ3) is 1.82. The van der Waals surface area contributed by atoms with Crippen molar-refractivity contribution in [3.63, 3.8) is 0 Å². The van der Waals surface area contributed by atoms with Gasteiger partial charge in [0, 0.05) is 0 Å². The van der Waals surface area contributed by atoms with Crippen LogP contribution in [0.5, 0.6) is 0 Å². The van der Waals surface area contributed by atoms with E-state index in [-0.39, 0.29) is 0 Å².